The summed E-state index contributed by atoms with van der Waals surface area (Å²) in [6, 6.07) is 0. The maximum absolute atomic E-state index is 13.2. The van der Waals surface area contributed by atoms with Gasteiger partial charge >= 0.3 is 0 Å². The highest BCUT2D eigenvalue weighted by molar-refractivity contribution is 6.01. The molecule has 2 N–H and O–H groups in total. The average Bonchev–Trinajstić information content (AvgIpc) is 3.20. The number of hydrogen-bond donors (Lipinski definition) is 2. The lowest BCUT2D eigenvalue weighted by Gasteiger charge is -2.59. The van der Waals surface area contributed by atoms with E-state index in [1.54, 1.807) is 12.2 Å². The minimum Gasteiger partial charge on any atom is -0.393 e. The number of rotatable bonds is 4. The summed E-state index contributed by atoms with van der Waals surface area (Å²) in [4.78, 5) is 25.2. The molecular formula is C25H34O6. The summed E-state index contributed by atoms with van der Waals surface area (Å²) in [7, 11) is 0. The minimum absolute atomic E-state index is 0.0125. The summed E-state index contributed by atoms with van der Waals surface area (Å²) in [5.41, 5.74) is -1.05. The van der Waals surface area contributed by atoms with Crippen molar-refractivity contribution in [1.29, 1.82) is 0 Å². The van der Waals surface area contributed by atoms with E-state index < -0.39 is 36.1 Å². The molecular weight excluding hydrogens is 396 g/mol. The Balaban J connectivity index is 1.55. The Kier molecular flexibility index (Phi) is 4.91. The van der Waals surface area contributed by atoms with Gasteiger partial charge in [0, 0.05) is 16.7 Å². The van der Waals surface area contributed by atoms with Crippen LogP contribution in [0, 0.1) is 28.6 Å². The van der Waals surface area contributed by atoms with E-state index in [0.717, 1.165) is 24.8 Å². The van der Waals surface area contributed by atoms with E-state index in [9.17, 15) is 19.8 Å². The quantitative estimate of drug-likeness (QED) is 0.712. The first-order valence-electron chi connectivity index (χ1n) is 11.8. The summed E-state index contributed by atoms with van der Waals surface area (Å²) in [6.45, 7) is 5.67. The van der Waals surface area contributed by atoms with Gasteiger partial charge in [0.25, 0.3) is 0 Å². The van der Waals surface area contributed by atoms with Crippen molar-refractivity contribution in [3.63, 3.8) is 0 Å². The van der Waals surface area contributed by atoms with Gasteiger partial charge in [-0.3, -0.25) is 9.59 Å². The van der Waals surface area contributed by atoms with Crippen LogP contribution in [0.2, 0.25) is 0 Å². The topological polar surface area (TPSA) is 93.1 Å². The molecule has 31 heavy (non-hydrogen) atoms. The molecule has 9 atom stereocenters. The summed E-state index contributed by atoms with van der Waals surface area (Å²) >= 11 is 0. The number of aliphatic hydroxyl groups is 2. The van der Waals surface area contributed by atoms with Crippen LogP contribution < -0.4 is 0 Å². The Morgan fingerprint density at radius 1 is 1.32 bits per heavy atom. The number of carbonyl (C=O) groups is 2. The summed E-state index contributed by atoms with van der Waals surface area (Å²) in [5, 5.41) is 21.4. The van der Waals surface area contributed by atoms with Crippen molar-refractivity contribution < 1.29 is 29.3 Å². The van der Waals surface area contributed by atoms with E-state index in [1.807, 2.05) is 6.08 Å². The van der Waals surface area contributed by atoms with Gasteiger partial charge in [0.1, 0.15) is 6.61 Å². The highest BCUT2D eigenvalue weighted by Gasteiger charge is 2.75. The molecule has 4 fully saturated rings. The van der Waals surface area contributed by atoms with Crippen molar-refractivity contribution >= 4 is 11.6 Å². The van der Waals surface area contributed by atoms with Crippen molar-refractivity contribution in [2.24, 2.45) is 28.6 Å². The first kappa shape index (κ1) is 21.5. The Hall–Kier alpha value is -1.34. The predicted octanol–water partition coefficient (Wildman–Crippen LogP) is 2.72. The Labute approximate surface area is 183 Å². The van der Waals surface area contributed by atoms with Crippen molar-refractivity contribution in [3.8, 4) is 0 Å². The highest BCUT2D eigenvalue weighted by Crippen LogP contribution is 2.69. The molecule has 4 aliphatic carbocycles. The van der Waals surface area contributed by atoms with Crippen LogP contribution in [-0.4, -0.2) is 52.5 Å². The van der Waals surface area contributed by atoms with Gasteiger partial charge in [0.05, 0.1) is 12.2 Å². The molecule has 5 rings (SSSR count). The molecule has 170 valence electrons. The SMILES string of the molecule is CCCC1O[C@@H]2C[C@@H]3[C@@H]4CCC5=CC(=O)C=C[C@]5(C)[C@H]4[C@H](O)C[C@]3(C)[C@]2(C(=O)CO)O1. The summed E-state index contributed by atoms with van der Waals surface area (Å²) in [6.07, 6.45) is 8.31. The van der Waals surface area contributed by atoms with Crippen LogP contribution in [0.1, 0.15) is 59.3 Å². The largest absolute Gasteiger partial charge is 0.393 e. The van der Waals surface area contributed by atoms with Crippen LogP contribution >= 0.6 is 0 Å². The molecule has 3 saturated carbocycles. The zero-order valence-electron chi connectivity index (χ0n) is 18.7. The summed E-state index contributed by atoms with van der Waals surface area (Å²) in [5.74, 6) is 0.0274. The van der Waals surface area contributed by atoms with E-state index in [1.165, 1.54) is 0 Å². The van der Waals surface area contributed by atoms with E-state index in [-0.39, 0.29) is 34.7 Å². The molecule has 0 spiro atoms. The maximum Gasteiger partial charge on any atom is 0.193 e. The molecule has 0 aromatic carbocycles. The number of hydrogen-bond acceptors (Lipinski definition) is 6. The Morgan fingerprint density at radius 3 is 2.81 bits per heavy atom. The normalized spacial score (nSPS) is 50.4. The third-order valence-electron chi connectivity index (χ3n) is 9.37. The van der Waals surface area contributed by atoms with Gasteiger partial charge in [0.15, 0.2) is 23.5 Å². The van der Waals surface area contributed by atoms with Gasteiger partial charge in [-0.25, -0.2) is 0 Å². The van der Waals surface area contributed by atoms with Gasteiger partial charge in [-0.15, -0.1) is 0 Å². The number of ether oxygens (including phenoxy) is 2. The fraction of sp³-hybridized carbons (Fsp3) is 0.760. The van der Waals surface area contributed by atoms with Crippen LogP contribution in [0.15, 0.2) is 23.8 Å². The van der Waals surface area contributed by atoms with E-state index in [4.69, 9.17) is 9.47 Å². The van der Waals surface area contributed by atoms with Crippen molar-refractivity contribution in [3.05, 3.63) is 23.8 Å². The van der Waals surface area contributed by atoms with Crippen molar-refractivity contribution in [2.45, 2.75) is 83.4 Å². The fourth-order valence-electron chi connectivity index (χ4n) is 8.12. The zero-order chi connectivity index (χ0) is 22.2. The summed E-state index contributed by atoms with van der Waals surface area (Å²) < 4.78 is 12.7. The van der Waals surface area contributed by atoms with Crippen molar-refractivity contribution in [2.75, 3.05) is 6.61 Å². The minimum atomic E-state index is -1.20. The molecule has 6 nitrogen and oxygen atoms in total. The van der Waals surface area contributed by atoms with Crippen LogP contribution in [0.5, 0.6) is 0 Å². The van der Waals surface area contributed by atoms with Gasteiger partial charge in [0.2, 0.25) is 0 Å². The lowest BCUT2D eigenvalue weighted by Crippen LogP contribution is -2.63. The predicted molar refractivity (Wildman–Crippen MR) is 113 cm³/mol. The monoisotopic (exact) mass is 430 g/mol. The number of carbonyl (C=O) groups excluding carboxylic acids is 2. The molecule has 1 aliphatic heterocycles. The molecule has 1 unspecified atom stereocenters. The molecule has 0 aromatic heterocycles. The second-order valence-corrected chi connectivity index (χ2v) is 10.7. The first-order valence-corrected chi connectivity index (χ1v) is 11.8. The first-order chi connectivity index (χ1) is 14.7. The molecule has 0 radical (unpaired) electrons. The lowest BCUT2D eigenvalue weighted by atomic mass is 9.46. The standard InChI is InChI=1S/C25H34O6/c1-4-5-21-30-20-11-17-16-7-6-14-10-15(27)8-9-23(14,2)22(16)18(28)12-24(17,3)25(20,31-21)19(29)13-26/h8-10,16-18,20-22,26,28H,4-7,11-13H2,1-3H3/t16-,17+,18+,20+,21?,22+,23-,24-,25+/m0/s1. The molecule has 0 bridgehead atoms. The van der Waals surface area contributed by atoms with Crippen LogP contribution in [0.4, 0.5) is 0 Å². The smallest absolute Gasteiger partial charge is 0.193 e. The second-order valence-electron chi connectivity index (χ2n) is 10.7. The Morgan fingerprint density at radius 2 is 2.10 bits per heavy atom. The van der Waals surface area contributed by atoms with E-state index >= 15 is 0 Å². The van der Waals surface area contributed by atoms with Crippen molar-refractivity contribution in [1.82, 2.24) is 0 Å². The molecule has 1 saturated heterocycles. The lowest BCUT2D eigenvalue weighted by molar-refractivity contribution is -0.200. The van der Waals surface area contributed by atoms with Gasteiger partial charge in [-0.05, 0) is 56.1 Å². The van der Waals surface area contributed by atoms with Crippen LogP contribution in [0.3, 0.4) is 0 Å². The van der Waals surface area contributed by atoms with E-state index in [0.29, 0.717) is 19.3 Å². The number of allylic oxidation sites excluding steroid dienone is 4. The zero-order valence-corrected chi connectivity index (χ0v) is 18.7. The number of fused-ring (bicyclic) bond motifs is 7. The van der Waals surface area contributed by atoms with Crippen LogP contribution in [0.25, 0.3) is 0 Å². The van der Waals surface area contributed by atoms with Gasteiger partial charge < -0.3 is 19.7 Å². The van der Waals surface area contributed by atoms with Gasteiger partial charge in [-0.2, -0.15) is 0 Å². The maximum atomic E-state index is 13.2. The van der Waals surface area contributed by atoms with E-state index in [2.05, 4.69) is 20.8 Å². The van der Waals surface area contributed by atoms with Gasteiger partial charge in [-0.1, -0.05) is 38.8 Å². The number of aliphatic hydroxyl groups excluding tert-OH is 2. The molecule has 6 heteroatoms. The third kappa shape index (κ3) is 2.65. The Bertz CT molecular complexity index is 862. The number of Topliss-reactive ketones (excluding diaryl/α,β-unsaturated/α-hetero) is 1. The molecule has 5 aliphatic rings. The molecule has 0 aromatic rings. The van der Waals surface area contributed by atoms with Crippen LogP contribution in [-0.2, 0) is 19.1 Å². The number of ketones is 2. The average molecular weight is 431 g/mol. The third-order valence-corrected chi connectivity index (χ3v) is 9.37. The fourth-order valence-corrected chi connectivity index (χ4v) is 8.12. The highest BCUT2D eigenvalue weighted by atomic mass is 16.7. The molecule has 1 heterocycles. The molecule has 0 amide bonds. The second kappa shape index (κ2) is 7.08.